The van der Waals surface area contributed by atoms with E-state index in [1.54, 1.807) is 6.92 Å². The molecule has 0 radical (unpaired) electrons. The lowest BCUT2D eigenvalue weighted by atomic mass is 10.1. The molecule has 1 aliphatic carbocycles. The number of likely N-dealkylation sites (tertiary alicyclic amines) is 1. The van der Waals surface area contributed by atoms with Crippen LogP contribution in [0.2, 0.25) is 0 Å². The Kier molecular flexibility index (Phi) is 5.79. The van der Waals surface area contributed by atoms with Crippen molar-refractivity contribution in [1.29, 1.82) is 0 Å². The number of nitrogens with one attached hydrogen (secondary N) is 1. The van der Waals surface area contributed by atoms with Crippen LogP contribution in [0.1, 0.15) is 54.7 Å². The van der Waals surface area contributed by atoms with E-state index in [1.807, 2.05) is 13.8 Å². The summed E-state index contributed by atoms with van der Waals surface area (Å²) in [5, 5.41) is 17.9. The van der Waals surface area contributed by atoms with Gasteiger partial charge in [-0.15, -0.1) is 0 Å². The number of halogens is 1. The van der Waals surface area contributed by atoms with E-state index in [0.717, 1.165) is 12.8 Å². The first-order valence-corrected chi connectivity index (χ1v) is 10.9. The molecule has 32 heavy (non-hydrogen) atoms. The fourth-order valence-electron chi connectivity index (χ4n) is 3.96. The van der Waals surface area contributed by atoms with E-state index >= 15 is 0 Å². The Labute approximate surface area is 184 Å². The minimum atomic E-state index is -1.01. The van der Waals surface area contributed by atoms with Gasteiger partial charge in [-0.3, -0.25) is 19.0 Å². The van der Waals surface area contributed by atoms with E-state index in [2.05, 4.69) is 10.4 Å². The van der Waals surface area contributed by atoms with Crippen molar-refractivity contribution in [2.75, 3.05) is 13.1 Å². The third-order valence-electron chi connectivity index (χ3n) is 5.74. The predicted molar refractivity (Wildman–Crippen MR) is 116 cm³/mol. The number of carbonyl (C=O) groups is 2. The molecule has 9 nitrogen and oxygen atoms in total. The molecule has 2 aliphatic rings. The Morgan fingerprint density at radius 3 is 2.62 bits per heavy atom. The van der Waals surface area contributed by atoms with Crippen LogP contribution >= 0.6 is 0 Å². The number of rotatable bonds is 6. The van der Waals surface area contributed by atoms with E-state index in [0.29, 0.717) is 36.4 Å². The molecule has 10 heteroatoms. The molecule has 4 rings (SSSR count). The Morgan fingerprint density at radius 1 is 1.31 bits per heavy atom. The van der Waals surface area contributed by atoms with Crippen LogP contribution < -0.4 is 10.9 Å². The number of aromatic nitrogens is 3. The smallest absolute Gasteiger partial charge is 0.270 e. The summed E-state index contributed by atoms with van der Waals surface area (Å²) in [6, 6.07) is 0.0221. The van der Waals surface area contributed by atoms with Crippen LogP contribution in [0.25, 0.3) is 11.7 Å². The fourth-order valence-corrected chi connectivity index (χ4v) is 3.96. The second kappa shape index (κ2) is 8.40. The number of alkyl halides is 1. The summed E-state index contributed by atoms with van der Waals surface area (Å²) >= 11 is 0. The van der Waals surface area contributed by atoms with Crippen LogP contribution in [0.15, 0.2) is 10.9 Å². The summed E-state index contributed by atoms with van der Waals surface area (Å²) in [7, 11) is 0. The second-order valence-electron chi connectivity index (χ2n) is 8.99. The van der Waals surface area contributed by atoms with Crippen molar-refractivity contribution in [3.63, 3.8) is 0 Å². The molecule has 2 aromatic rings. The van der Waals surface area contributed by atoms with Gasteiger partial charge in [-0.05, 0) is 38.2 Å². The fraction of sp³-hybridized carbons (Fsp3) is 0.545. The zero-order valence-electron chi connectivity index (χ0n) is 18.5. The molecule has 0 spiro atoms. The summed E-state index contributed by atoms with van der Waals surface area (Å²) in [4.78, 5) is 39.9. The normalized spacial score (nSPS) is 18.9. The first-order chi connectivity index (χ1) is 15.2. The van der Waals surface area contributed by atoms with E-state index in [4.69, 9.17) is 0 Å². The number of aryl methyl sites for hydroxylation is 1. The van der Waals surface area contributed by atoms with E-state index < -0.39 is 23.5 Å². The Bertz CT molecular complexity index is 1160. The maximum absolute atomic E-state index is 13.4. The monoisotopic (exact) mass is 445 g/mol. The lowest BCUT2D eigenvalue weighted by Crippen LogP contribution is -2.36. The van der Waals surface area contributed by atoms with Gasteiger partial charge >= 0.3 is 0 Å². The number of nitrogens with zero attached hydrogens (tertiary/aromatic N) is 4. The molecule has 0 aromatic carbocycles. The third-order valence-corrected chi connectivity index (χ3v) is 5.74. The van der Waals surface area contributed by atoms with Gasteiger partial charge < -0.3 is 15.3 Å². The molecule has 2 aromatic heterocycles. The second-order valence-corrected chi connectivity index (χ2v) is 8.99. The summed E-state index contributed by atoms with van der Waals surface area (Å²) in [6.45, 7) is 6.28. The van der Waals surface area contributed by atoms with Crippen LogP contribution in [0.5, 0.6) is 5.88 Å². The summed E-state index contributed by atoms with van der Waals surface area (Å²) in [5.41, 5.74) is 0.311. The SMILES string of the molecule is Cc1nn2c(O)c(C(=O)NC3CC3)c(=O)n(CC(C)C)c2c1/C=C/C(=O)N1CC[C@H](F)C1. The minimum absolute atomic E-state index is 0.0221. The Hall–Kier alpha value is -3.17. The predicted octanol–water partition coefficient (Wildman–Crippen LogP) is 1.64. The molecule has 1 atom stereocenters. The van der Waals surface area contributed by atoms with Crippen LogP contribution in [0, 0.1) is 12.8 Å². The van der Waals surface area contributed by atoms with Crippen LogP contribution in [0.3, 0.4) is 0 Å². The third kappa shape index (κ3) is 4.13. The molecule has 2 N–H and O–H groups in total. The van der Waals surface area contributed by atoms with E-state index in [9.17, 15) is 23.9 Å². The van der Waals surface area contributed by atoms with Gasteiger partial charge in [-0.25, -0.2) is 4.39 Å². The lowest BCUT2D eigenvalue weighted by molar-refractivity contribution is -0.125. The van der Waals surface area contributed by atoms with Gasteiger partial charge in [0.15, 0.2) is 5.56 Å². The van der Waals surface area contributed by atoms with Crippen molar-refractivity contribution < 1.29 is 19.1 Å². The maximum atomic E-state index is 13.4. The van der Waals surface area contributed by atoms with Gasteiger partial charge in [0.2, 0.25) is 11.8 Å². The van der Waals surface area contributed by atoms with Gasteiger partial charge in [-0.1, -0.05) is 13.8 Å². The van der Waals surface area contributed by atoms with Gasteiger partial charge in [-0.2, -0.15) is 9.61 Å². The minimum Gasteiger partial charge on any atom is -0.492 e. The van der Waals surface area contributed by atoms with Crippen molar-refractivity contribution >= 4 is 23.5 Å². The highest BCUT2D eigenvalue weighted by atomic mass is 19.1. The van der Waals surface area contributed by atoms with Crippen molar-refractivity contribution in [3.05, 3.63) is 33.3 Å². The number of hydrogen-bond donors (Lipinski definition) is 2. The molecule has 3 heterocycles. The maximum Gasteiger partial charge on any atom is 0.270 e. The van der Waals surface area contributed by atoms with Crippen LogP contribution in [0.4, 0.5) is 4.39 Å². The molecule has 2 fully saturated rings. The number of aromatic hydroxyl groups is 1. The highest BCUT2D eigenvalue weighted by Gasteiger charge is 2.30. The lowest BCUT2D eigenvalue weighted by Gasteiger charge is -2.15. The molecule has 172 valence electrons. The summed E-state index contributed by atoms with van der Waals surface area (Å²) in [5.74, 6) is -1.41. The van der Waals surface area contributed by atoms with E-state index in [-0.39, 0.29) is 30.0 Å². The highest BCUT2D eigenvalue weighted by Crippen LogP contribution is 2.25. The quantitative estimate of drug-likeness (QED) is 0.657. The largest absolute Gasteiger partial charge is 0.492 e. The van der Waals surface area contributed by atoms with E-state index in [1.165, 1.54) is 26.1 Å². The van der Waals surface area contributed by atoms with Crippen molar-refractivity contribution in [3.8, 4) is 5.88 Å². The van der Waals surface area contributed by atoms with Gasteiger partial charge in [0.05, 0.1) is 12.2 Å². The zero-order chi connectivity index (χ0) is 23.2. The average molecular weight is 445 g/mol. The van der Waals surface area contributed by atoms with Crippen LogP contribution in [-0.4, -0.2) is 61.3 Å². The summed E-state index contributed by atoms with van der Waals surface area (Å²) in [6.07, 6.45) is 3.86. The van der Waals surface area contributed by atoms with Gasteiger partial charge in [0.1, 0.15) is 11.8 Å². The summed E-state index contributed by atoms with van der Waals surface area (Å²) < 4.78 is 16.0. The number of amides is 2. The van der Waals surface area contributed by atoms with Crippen molar-refractivity contribution in [1.82, 2.24) is 24.4 Å². The Balaban J connectivity index is 1.81. The molecular weight excluding hydrogens is 417 g/mol. The van der Waals surface area contributed by atoms with Crippen LogP contribution in [-0.2, 0) is 11.3 Å². The van der Waals surface area contributed by atoms with Gasteiger partial charge in [0, 0.05) is 30.8 Å². The topological polar surface area (TPSA) is 109 Å². The molecule has 1 saturated carbocycles. The molecule has 1 aliphatic heterocycles. The molecule has 0 unspecified atom stereocenters. The Morgan fingerprint density at radius 2 is 2.03 bits per heavy atom. The number of hydrogen-bond acceptors (Lipinski definition) is 5. The van der Waals surface area contributed by atoms with Crippen molar-refractivity contribution in [2.24, 2.45) is 5.92 Å². The zero-order valence-corrected chi connectivity index (χ0v) is 18.5. The standard InChI is InChI=1S/C22H28FN5O4/c1-12(2)10-27-20-16(6-7-17(29)26-9-8-14(23)11-26)13(3)25-28(20)22(32)18(21(27)31)19(30)24-15-4-5-15/h6-7,12,14-15,32H,4-5,8-11H2,1-3H3,(H,24,30)/b7-6+/t14-/m0/s1. The molecule has 0 bridgehead atoms. The highest BCUT2D eigenvalue weighted by molar-refractivity contribution is 5.97. The molecule has 1 saturated heterocycles. The average Bonchev–Trinajstić information content (AvgIpc) is 3.31. The number of carbonyl (C=O) groups excluding carboxylic acids is 2. The molecular formula is C22H28FN5O4. The first kappa shape index (κ1) is 22.0. The first-order valence-electron chi connectivity index (χ1n) is 10.9. The number of fused-ring (bicyclic) bond motifs is 1. The van der Waals surface area contributed by atoms with Crippen molar-refractivity contribution in [2.45, 2.75) is 58.8 Å². The molecule has 2 amide bonds. The van der Waals surface area contributed by atoms with Gasteiger partial charge in [0.25, 0.3) is 11.5 Å².